The molecule has 3 heterocycles. The van der Waals surface area contributed by atoms with Crippen molar-refractivity contribution < 1.29 is 0 Å². The number of likely N-dealkylation sites (tertiary alicyclic amines) is 3. The molecule has 1 aromatic carbocycles. The maximum absolute atomic E-state index is 4.57. The molecule has 4 rings (SSSR count). The van der Waals surface area contributed by atoms with Crippen molar-refractivity contribution in [2.45, 2.75) is 51.4 Å². The molecule has 0 radical (unpaired) electrons. The van der Waals surface area contributed by atoms with E-state index in [-0.39, 0.29) is 0 Å². The first-order valence-electron chi connectivity index (χ1n) is 13.2. The Morgan fingerprint density at radius 2 is 1.66 bits per heavy atom. The lowest BCUT2D eigenvalue weighted by atomic mass is 9.90. The highest BCUT2D eigenvalue weighted by Crippen LogP contribution is 2.22. The Bertz CT molecular complexity index is 677. The molecular weight excluding hydrogens is 394 g/mol. The van der Waals surface area contributed by atoms with Crippen molar-refractivity contribution in [2.24, 2.45) is 16.8 Å². The topological polar surface area (TPSA) is 34.1 Å². The highest BCUT2D eigenvalue weighted by Gasteiger charge is 2.27. The van der Waals surface area contributed by atoms with Gasteiger partial charge < -0.3 is 20.0 Å². The molecule has 3 fully saturated rings. The molecule has 5 nitrogen and oxygen atoms in total. The third-order valence-electron chi connectivity index (χ3n) is 7.77. The molecule has 0 aromatic heterocycles. The molecule has 1 unspecified atom stereocenters. The summed E-state index contributed by atoms with van der Waals surface area (Å²) in [7, 11) is 1.94. The van der Waals surface area contributed by atoms with Gasteiger partial charge in [0.15, 0.2) is 5.96 Å². The van der Waals surface area contributed by atoms with Gasteiger partial charge in [-0.1, -0.05) is 30.3 Å². The van der Waals surface area contributed by atoms with Crippen LogP contribution in [0.15, 0.2) is 35.3 Å². The molecule has 5 heteroatoms. The van der Waals surface area contributed by atoms with Crippen molar-refractivity contribution in [3.63, 3.8) is 0 Å². The molecule has 1 aromatic rings. The van der Waals surface area contributed by atoms with Gasteiger partial charge in [0.05, 0.1) is 0 Å². The zero-order chi connectivity index (χ0) is 22.0. The van der Waals surface area contributed by atoms with Crippen LogP contribution in [0.2, 0.25) is 0 Å². The Hall–Kier alpha value is -1.59. The number of aliphatic imine (C=N–C) groups is 1. The lowest BCUT2D eigenvalue weighted by Gasteiger charge is -2.32. The molecule has 0 bridgehead atoms. The van der Waals surface area contributed by atoms with Crippen LogP contribution in [0.4, 0.5) is 0 Å². The van der Waals surface area contributed by atoms with Gasteiger partial charge in [-0.2, -0.15) is 0 Å². The Morgan fingerprint density at radius 3 is 2.41 bits per heavy atom. The van der Waals surface area contributed by atoms with Crippen LogP contribution in [-0.2, 0) is 6.42 Å². The first-order chi connectivity index (χ1) is 15.8. The van der Waals surface area contributed by atoms with Gasteiger partial charge in [0.2, 0.25) is 0 Å². The largest absolute Gasteiger partial charge is 0.356 e. The molecule has 32 heavy (non-hydrogen) atoms. The summed E-state index contributed by atoms with van der Waals surface area (Å²) < 4.78 is 0. The van der Waals surface area contributed by atoms with Crippen LogP contribution in [0, 0.1) is 11.8 Å². The van der Waals surface area contributed by atoms with Gasteiger partial charge in [-0.3, -0.25) is 4.99 Å². The van der Waals surface area contributed by atoms with E-state index in [1.165, 1.54) is 103 Å². The van der Waals surface area contributed by atoms with Gasteiger partial charge in [0, 0.05) is 33.2 Å². The van der Waals surface area contributed by atoms with Gasteiger partial charge in [0.25, 0.3) is 0 Å². The van der Waals surface area contributed by atoms with Crippen LogP contribution in [-0.4, -0.2) is 86.6 Å². The van der Waals surface area contributed by atoms with E-state index in [1.807, 2.05) is 7.05 Å². The summed E-state index contributed by atoms with van der Waals surface area (Å²) in [5, 5.41) is 3.64. The third kappa shape index (κ3) is 7.21. The zero-order valence-corrected chi connectivity index (χ0v) is 20.4. The molecule has 1 N–H and O–H groups in total. The Morgan fingerprint density at radius 1 is 0.906 bits per heavy atom. The van der Waals surface area contributed by atoms with E-state index in [9.17, 15) is 0 Å². The molecule has 3 saturated heterocycles. The van der Waals surface area contributed by atoms with Crippen LogP contribution >= 0.6 is 0 Å². The fourth-order valence-electron chi connectivity index (χ4n) is 5.86. The van der Waals surface area contributed by atoms with E-state index in [0.29, 0.717) is 0 Å². The number of piperidine rings is 1. The molecular formula is C27H45N5. The monoisotopic (exact) mass is 439 g/mol. The SMILES string of the molecule is CN=C(NCCCCN1CCC(Cc2ccccc2)CC1)N1CCC(CN2CCCC2)C1. The maximum Gasteiger partial charge on any atom is 0.193 e. The number of nitrogens with zero attached hydrogens (tertiary/aromatic N) is 4. The molecule has 0 aliphatic carbocycles. The number of hydrogen-bond acceptors (Lipinski definition) is 3. The normalized spacial score (nSPS) is 23.8. The number of benzene rings is 1. The molecule has 178 valence electrons. The van der Waals surface area contributed by atoms with Crippen molar-refractivity contribution in [3.05, 3.63) is 35.9 Å². The average Bonchev–Trinajstić information content (AvgIpc) is 3.51. The minimum Gasteiger partial charge on any atom is -0.356 e. The van der Waals surface area contributed by atoms with Gasteiger partial charge in [-0.25, -0.2) is 0 Å². The maximum atomic E-state index is 4.57. The summed E-state index contributed by atoms with van der Waals surface area (Å²) in [6, 6.07) is 11.0. The van der Waals surface area contributed by atoms with Crippen molar-refractivity contribution in [1.82, 2.24) is 20.0 Å². The van der Waals surface area contributed by atoms with E-state index in [0.717, 1.165) is 30.9 Å². The lowest BCUT2D eigenvalue weighted by Crippen LogP contribution is -2.41. The predicted molar refractivity (Wildman–Crippen MR) is 135 cm³/mol. The minimum absolute atomic E-state index is 0.816. The second-order valence-corrected chi connectivity index (χ2v) is 10.3. The summed E-state index contributed by atoms with van der Waals surface area (Å²) in [5.41, 5.74) is 1.51. The Balaban J connectivity index is 1.05. The number of rotatable bonds is 9. The standard InChI is InChI=1S/C27H45N5/c1-28-27(32-20-13-26(23-32)22-31-16-7-8-17-31)29-14-5-6-15-30-18-11-25(12-19-30)21-24-9-3-2-4-10-24/h2-4,9-10,25-26H,5-8,11-23H2,1H3,(H,28,29). The summed E-state index contributed by atoms with van der Waals surface area (Å²) >= 11 is 0. The summed E-state index contributed by atoms with van der Waals surface area (Å²) in [6.45, 7) is 11.1. The van der Waals surface area contributed by atoms with Crippen LogP contribution in [0.25, 0.3) is 0 Å². The van der Waals surface area contributed by atoms with Crippen molar-refractivity contribution >= 4 is 5.96 Å². The van der Waals surface area contributed by atoms with Crippen molar-refractivity contribution in [1.29, 1.82) is 0 Å². The van der Waals surface area contributed by atoms with E-state index < -0.39 is 0 Å². The molecule has 0 amide bonds. The van der Waals surface area contributed by atoms with Crippen LogP contribution < -0.4 is 5.32 Å². The van der Waals surface area contributed by atoms with E-state index in [1.54, 1.807) is 0 Å². The van der Waals surface area contributed by atoms with Crippen LogP contribution in [0.3, 0.4) is 0 Å². The first-order valence-corrected chi connectivity index (χ1v) is 13.2. The van der Waals surface area contributed by atoms with Gasteiger partial charge in [-0.15, -0.1) is 0 Å². The summed E-state index contributed by atoms with van der Waals surface area (Å²) in [6.07, 6.45) is 10.6. The number of hydrogen-bond donors (Lipinski definition) is 1. The van der Waals surface area contributed by atoms with Crippen LogP contribution in [0.5, 0.6) is 0 Å². The van der Waals surface area contributed by atoms with Gasteiger partial charge >= 0.3 is 0 Å². The van der Waals surface area contributed by atoms with Crippen LogP contribution in [0.1, 0.15) is 50.5 Å². The average molecular weight is 440 g/mol. The van der Waals surface area contributed by atoms with E-state index in [4.69, 9.17) is 0 Å². The minimum atomic E-state index is 0.816. The number of unbranched alkanes of at least 4 members (excludes halogenated alkanes) is 1. The molecule has 3 aliphatic rings. The zero-order valence-electron chi connectivity index (χ0n) is 20.4. The summed E-state index contributed by atoms with van der Waals surface area (Å²) in [4.78, 5) is 12.4. The second-order valence-electron chi connectivity index (χ2n) is 10.3. The Kier molecular flexibility index (Phi) is 9.28. The van der Waals surface area contributed by atoms with Crippen molar-refractivity contribution in [2.75, 3.05) is 66.0 Å². The summed E-state index contributed by atoms with van der Waals surface area (Å²) in [5.74, 6) is 2.81. The number of guanidine groups is 1. The van der Waals surface area contributed by atoms with Crippen molar-refractivity contribution in [3.8, 4) is 0 Å². The van der Waals surface area contributed by atoms with E-state index >= 15 is 0 Å². The quantitative estimate of drug-likeness (QED) is 0.361. The highest BCUT2D eigenvalue weighted by atomic mass is 15.3. The second kappa shape index (κ2) is 12.6. The Labute approximate surface area is 196 Å². The van der Waals surface area contributed by atoms with Gasteiger partial charge in [0.1, 0.15) is 0 Å². The predicted octanol–water partition coefficient (Wildman–Crippen LogP) is 3.71. The lowest BCUT2D eigenvalue weighted by molar-refractivity contribution is 0.181. The fourth-order valence-corrected chi connectivity index (χ4v) is 5.86. The fraction of sp³-hybridized carbons (Fsp3) is 0.741. The van der Waals surface area contributed by atoms with E-state index in [2.05, 4.69) is 55.3 Å². The molecule has 0 spiro atoms. The molecule has 1 atom stereocenters. The highest BCUT2D eigenvalue weighted by molar-refractivity contribution is 5.80. The third-order valence-corrected chi connectivity index (χ3v) is 7.77. The number of nitrogens with one attached hydrogen (secondary N) is 1. The molecule has 3 aliphatic heterocycles. The van der Waals surface area contributed by atoms with Gasteiger partial charge in [-0.05, 0) is 101 Å². The smallest absolute Gasteiger partial charge is 0.193 e. The molecule has 0 saturated carbocycles. The first kappa shape index (κ1) is 23.6.